The van der Waals surface area contributed by atoms with Gasteiger partial charge in [-0.05, 0) is 19.1 Å². The van der Waals surface area contributed by atoms with E-state index in [0.29, 0.717) is 6.54 Å². The number of rotatable bonds is 5. The van der Waals surface area contributed by atoms with Gasteiger partial charge >= 0.3 is 0 Å². The number of nitrogens with zero attached hydrogens (tertiary/aromatic N) is 1. The van der Waals surface area contributed by atoms with E-state index in [2.05, 4.69) is 5.32 Å². The van der Waals surface area contributed by atoms with Gasteiger partial charge in [-0.3, -0.25) is 0 Å². The summed E-state index contributed by atoms with van der Waals surface area (Å²) in [6.45, 7) is 2.28. The van der Waals surface area contributed by atoms with Crippen LogP contribution in [0.2, 0.25) is 0 Å². The Morgan fingerprint density at radius 1 is 1.43 bits per heavy atom. The second kappa shape index (κ2) is 4.59. The molecular weight excluding hydrogens is 180 g/mol. The van der Waals surface area contributed by atoms with Crippen LogP contribution >= 0.6 is 0 Å². The highest BCUT2D eigenvalue weighted by Gasteiger charge is 2.21. The van der Waals surface area contributed by atoms with Crippen molar-refractivity contribution in [2.75, 3.05) is 13.2 Å². The van der Waals surface area contributed by atoms with Gasteiger partial charge in [0.05, 0.1) is 18.8 Å². The Morgan fingerprint density at radius 2 is 2.07 bits per heavy atom. The molecular formula is C10H18N2O2. The topological polar surface area (TPSA) is 57.4 Å². The SMILES string of the molecule is Cn1cccc1CNC(C)(CO)CO. The van der Waals surface area contributed by atoms with Crippen molar-refractivity contribution in [2.24, 2.45) is 7.05 Å². The van der Waals surface area contributed by atoms with Crippen molar-refractivity contribution >= 4 is 0 Å². The van der Waals surface area contributed by atoms with Crippen LogP contribution in [0.3, 0.4) is 0 Å². The third kappa shape index (κ3) is 2.57. The number of aryl methyl sites for hydroxylation is 1. The molecule has 0 spiro atoms. The van der Waals surface area contributed by atoms with Gasteiger partial charge in [-0.1, -0.05) is 0 Å². The van der Waals surface area contributed by atoms with Gasteiger partial charge in [-0.15, -0.1) is 0 Å². The Hall–Kier alpha value is -0.840. The Kier molecular flexibility index (Phi) is 3.69. The van der Waals surface area contributed by atoms with Crippen molar-refractivity contribution in [1.82, 2.24) is 9.88 Å². The maximum Gasteiger partial charge on any atom is 0.0633 e. The molecule has 0 aliphatic carbocycles. The van der Waals surface area contributed by atoms with E-state index in [-0.39, 0.29) is 13.2 Å². The lowest BCUT2D eigenvalue weighted by Gasteiger charge is -2.26. The lowest BCUT2D eigenvalue weighted by Crippen LogP contribution is -2.48. The van der Waals surface area contributed by atoms with Gasteiger partial charge in [-0.2, -0.15) is 0 Å². The molecule has 0 saturated heterocycles. The lowest BCUT2D eigenvalue weighted by atomic mass is 10.1. The van der Waals surface area contributed by atoms with Crippen LogP contribution in [0, 0.1) is 0 Å². The predicted octanol–water partition coefficient (Wildman–Crippen LogP) is -0.142. The highest BCUT2D eigenvalue weighted by atomic mass is 16.3. The van der Waals surface area contributed by atoms with Gasteiger partial charge in [0.1, 0.15) is 0 Å². The standard InChI is InChI=1S/C10H18N2O2/c1-10(7-13,8-14)11-6-9-4-3-5-12(9)2/h3-5,11,13-14H,6-8H2,1-2H3. The third-order valence-electron chi connectivity index (χ3n) is 2.45. The number of hydrogen-bond acceptors (Lipinski definition) is 3. The highest BCUT2D eigenvalue weighted by Crippen LogP contribution is 2.05. The molecule has 0 aliphatic heterocycles. The molecule has 1 aromatic rings. The molecule has 0 aliphatic rings. The summed E-state index contributed by atoms with van der Waals surface area (Å²) in [5, 5.41) is 21.2. The number of aliphatic hydroxyl groups is 2. The summed E-state index contributed by atoms with van der Waals surface area (Å²) in [6.07, 6.45) is 1.96. The first kappa shape index (κ1) is 11.2. The van der Waals surface area contributed by atoms with Gasteiger partial charge < -0.3 is 20.1 Å². The molecule has 4 nitrogen and oxygen atoms in total. The zero-order valence-corrected chi connectivity index (χ0v) is 8.70. The van der Waals surface area contributed by atoms with Crippen LogP contribution < -0.4 is 5.32 Å². The zero-order valence-electron chi connectivity index (χ0n) is 8.70. The first-order chi connectivity index (χ1) is 6.61. The number of nitrogens with one attached hydrogen (secondary N) is 1. The minimum absolute atomic E-state index is 0.0755. The third-order valence-corrected chi connectivity index (χ3v) is 2.45. The van der Waals surface area contributed by atoms with E-state index in [1.54, 1.807) is 6.92 Å². The van der Waals surface area contributed by atoms with E-state index in [9.17, 15) is 0 Å². The lowest BCUT2D eigenvalue weighted by molar-refractivity contribution is 0.102. The summed E-state index contributed by atoms with van der Waals surface area (Å²) < 4.78 is 2.00. The summed E-state index contributed by atoms with van der Waals surface area (Å²) in [4.78, 5) is 0. The van der Waals surface area contributed by atoms with Gasteiger partial charge in [0, 0.05) is 25.5 Å². The van der Waals surface area contributed by atoms with Crippen LogP contribution in [0.5, 0.6) is 0 Å². The molecule has 1 rings (SSSR count). The first-order valence-electron chi connectivity index (χ1n) is 4.68. The van der Waals surface area contributed by atoms with Gasteiger partial charge in [0.15, 0.2) is 0 Å². The summed E-state index contributed by atoms with van der Waals surface area (Å²) in [5.41, 5.74) is 0.516. The zero-order chi connectivity index (χ0) is 10.6. The van der Waals surface area contributed by atoms with Crippen LogP contribution in [0.4, 0.5) is 0 Å². The quantitative estimate of drug-likeness (QED) is 0.617. The number of aromatic nitrogens is 1. The number of hydrogen-bond donors (Lipinski definition) is 3. The summed E-state index contributed by atoms with van der Waals surface area (Å²) in [6, 6.07) is 3.97. The summed E-state index contributed by atoms with van der Waals surface area (Å²) in [5.74, 6) is 0. The number of aliphatic hydroxyl groups excluding tert-OH is 2. The molecule has 0 aromatic carbocycles. The van der Waals surface area contributed by atoms with Gasteiger partial charge in [-0.25, -0.2) is 0 Å². The molecule has 1 heterocycles. The first-order valence-corrected chi connectivity index (χ1v) is 4.68. The molecule has 0 unspecified atom stereocenters. The van der Waals surface area contributed by atoms with E-state index in [1.165, 1.54) is 0 Å². The Labute approximate surface area is 84.2 Å². The Balaban J connectivity index is 2.52. The molecule has 0 saturated carbocycles. The fraction of sp³-hybridized carbons (Fsp3) is 0.600. The van der Waals surface area contributed by atoms with Crippen molar-refractivity contribution in [3.8, 4) is 0 Å². The molecule has 1 aromatic heterocycles. The Morgan fingerprint density at radius 3 is 2.50 bits per heavy atom. The molecule has 14 heavy (non-hydrogen) atoms. The van der Waals surface area contributed by atoms with Crippen molar-refractivity contribution in [1.29, 1.82) is 0 Å². The van der Waals surface area contributed by atoms with Crippen LogP contribution in [0.15, 0.2) is 18.3 Å². The largest absolute Gasteiger partial charge is 0.394 e. The van der Waals surface area contributed by atoms with Crippen LogP contribution in [-0.2, 0) is 13.6 Å². The second-order valence-corrected chi connectivity index (χ2v) is 3.84. The normalized spacial score (nSPS) is 12.0. The van der Waals surface area contributed by atoms with E-state index in [1.807, 2.05) is 29.9 Å². The van der Waals surface area contributed by atoms with Crippen LogP contribution in [-0.4, -0.2) is 33.5 Å². The van der Waals surface area contributed by atoms with E-state index >= 15 is 0 Å². The summed E-state index contributed by atoms with van der Waals surface area (Å²) >= 11 is 0. The van der Waals surface area contributed by atoms with Gasteiger partial charge in [0.25, 0.3) is 0 Å². The molecule has 80 valence electrons. The van der Waals surface area contributed by atoms with Crippen LogP contribution in [0.1, 0.15) is 12.6 Å². The minimum atomic E-state index is -0.607. The monoisotopic (exact) mass is 198 g/mol. The fourth-order valence-electron chi connectivity index (χ4n) is 1.15. The van der Waals surface area contributed by atoms with Crippen molar-refractivity contribution in [3.63, 3.8) is 0 Å². The second-order valence-electron chi connectivity index (χ2n) is 3.84. The molecule has 0 amide bonds. The maximum absolute atomic E-state index is 9.05. The minimum Gasteiger partial charge on any atom is -0.394 e. The van der Waals surface area contributed by atoms with E-state index in [0.717, 1.165) is 5.69 Å². The average molecular weight is 198 g/mol. The average Bonchev–Trinajstić information content (AvgIpc) is 2.61. The maximum atomic E-state index is 9.05. The molecule has 0 fully saturated rings. The van der Waals surface area contributed by atoms with E-state index < -0.39 is 5.54 Å². The Bertz CT molecular complexity index is 279. The summed E-state index contributed by atoms with van der Waals surface area (Å²) in [7, 11) is 1.96. The molecule has 0 atom stereocenters. The fourth-order valence-corrected chi connectivity index (χ4v) is 1.15. The highest BCUT2D eigenvalue weighted by molar-refractivity contribution is 5.06. The van der Waals surface area contributed by atoms with E-state index in [4.69, 9.17) is 10.2 Å². The molecule has 0 bridgehead atoms. The predicted molar refractivity (Wildman–Crippen MR) is 54.8 cm³/mol. The van der Waals surface area contributed by atoms with Gasteiger partial charge in [0.2, 0.25) is 0 Å². The smallest absolute Gasteiger partial charge is 0.0633 e. The molecule has 0 radical (unpaired) electrons. The molecule has 4 heteroatoms. The van der Waals surface area contributed by atoms with Crippen molar-refractivity contribution in [3.05, 3.63) is 24.0 Å². The van der Waals surface area contributed by atoms with Crippen molar-refractivity contribution in [2.45, 2.75) is 19.0 Å². The van der Waals surface area contributed by atoms with Crippen molar-refractivity contribution < 1.29 is 10.2 Å². The molecule has 3 N–H and O–H groups in total. The van der Waals surface area contributed by atoms with Crippen LogP contribution in [0.25, 0.3) is 0 Å².